The summed E-state index contributed by atoms with van der Waals surface area (Å²) in [5.74, 6) is 0. The molecule has 0 amide bonds. The average molecular weight is 107 g/mol. The predicted molar refractivity (Wildman–Crippen MR) is 34.2 cm³/mol. The fourth-order valence-corrected chi connectivity index (χ4v) is 0.284. The van der Waals surface area contributed by atoms with Crippen molar-refractivity contribution in [3.05, 3.63) is 23.8 Å². The second-order valence-electron chi connectivity index (χ2n) is 1.73. The van der Waals surface area contributed by atoms with Crippen molar-refractivity contribution in [2.75, 3.05) is 0 Å². The normalized spacial score (nSPS) is 8.62. The standard InChI is InChI=1S/C7H9N/c1-7(2)5-3-4-6-8/h3-5H,1-2H3. The van der Waals surface area contributed by atoms with Crippen LogP contribution in [0.1, 0.15) is 13.8 Å². The Hall–Kier alpha value is -1.03. The highest BCUT2D eigenvalue weighted by atomic mass is 14.2. The van der Waals surface area contributed by atoms with Crippen molar-refractivity contribution in [2.24, 2.45) is 0 Å². The van der Waals surface area contributed by atoms with Crippen molar-refractivity contribution < 1.29 is 0 Å². The zero-order valence-corrected chi connectivity index (χ0v) is 5.18. The van der Waals surface area contributed by atoms with Crippen LogP contribution >= 0.6 is 0 Å². The van der Waals surface area contributed by atoms with Gasteiger partial charge in [0.15, 0.2) is 0 Å². The van der Waals surface area contributed by atoms with Gasteiger partial charge in [0.05, 0.1) is 6.07 Å². The Morgan fingerprint density at radius 2 is 2.12 bits per heavy atom. The molecule has 0 aliphatic carbocycles. The highest BCUT2D eigenvalue weighted by Crippen LogP contribution is 1.87. The molecule has 1 nitrogen and oxygen atoms in total. The van der Waals surface area contributed by atoms with E-state index in [4.69, 9.17) is 5.26 Å². The van der Waals surface area contributed by atoms with Crippen molar-refractivity contribution >= 4 is 0 Å². The monoisotopic (exact) mass is 107 g/mol. The van der Waals surface area contributed by atoms with Gasteiger partial charge in [-0.25, -0.2) is 0 Å². The molecular formula is C7H9N. The van der Waals surface area contributed by atoms with Gasteiger partial charge in [-0.05, 0) is 13.8 Å². The molecule has 0 aliphatic rings. The molecule has 0 aromatic rings. The van der Waals surface area contributed by atoms with E-state index in [9.17, 15) is 0 Å². The lowest BCUT2D eigenvalue weighted by Crippen LogP contribution is -1.57. The molecule has 42 valence electrons. The molecule has 0 saturated carbocycles. The molecule has 0 heterocycles. The van der Waals surface area contributed by atoms with Crippen LogP contribution in [0, 0.1) is 11.3 Å². The van der Waals surface area contributed by atoms with E-state index in [1.807, 2.05) is 26.0 Å². The Morgan fingerprint density at radius 1 is 1.50 bits per heavy atom. The minimum Gasteiger partial charge on any atom is -0.193 e. The summed E-state index contributed by atoms with van der Waals surface area (Å²) < 4.78 is 0. The van der Waals surface area contributed by atoms with Gasteiger partial charge in [0.2, 0.25) is 0 Å². The number of nitrogens with zero attached hydrogens (tertiary/aromatic N) is 1. The topological polar surface area (TPSA) is 23.8 Å². The largest absolute Gasteiger partial charge is 0.193 e. The lowest BCUT2D eigenvalue weighted by molar-refractivity contribution is 1.39. The Labute approximate surface area is 49.9 Å². The van der Waals surface area contributed by atoms with E-state index >= 15 is 0 Å². The highest BCUT2D eigenvalue weighted by Gasteiger charge is 1.67. The molecule has 0 spiro atoms. The maximum Gasteiger partial charge on any atom is 0.0912 e. The van der Waals surface area contributed by atoms with Crippen LogP contribution in [0.5, 0.6) is 0 Å². The third-order valence-electron chi connectivity index (χ3n) is 0.600. The molecule has 8 heavy (non-hydrogen) atoms. The summed E-state index contributed by atoms with van der Waals surface area (Å²) in [5.41, 5.74) is 1.21. The van der Waals surface area contributed by atoms with E-state index in [1.165, 1.54) is 11.6 Å². The van der Waals surface area contributed by atoms with Gasteiger partial charge < -0.3 is 0 Å². The van der Waals surface area contributed by atoms with Gasteiger partial charge >= 0.3 is 0 Å². The quantitative estimate of drug-likeness (QED) is 0.371. The number of nitriles is 1. The average Bonchev–Trinajstić information content (AvgIpc) is 1.66. The second-order valence-corrected chi connectivity index (χ2v) is 1.73. The highest BCUT2D eigenvalue weighted by molar-refractivity contribution is 5.14. The first-order valence-electron chi connectivity index (χ1n) is 2.47. The van der Waals surface area contributed by atoms with E-state index in [0.717, 1.165) is 0 Å². The first kappa shape index (κ1) is 6.97. The van der Waals surface area contributed by atoms with E-state index in [-0.39, 0.29) is 0 Å². The molecule has 0 aliphatic heterocycles. The molecule has 0 rings (SSSR count). The lowest BCUT2D eigenvalue weighted by atomic mass is 10.3. The Balaban J connectivity index is 3.63. The first-order valence-corrected chi connectivity index (χ1v) is 2.47. The molecule has 0 bridgehead atoms. The number of hydrogen-bond acceptors (Lipinski definition) is 1. The van der Waals surface area contributed by atoms with Crippen LogP contribution in [-0.2, 0) is 0 Å². The van der Waals surface area contributed by atoms with Gasteiger partial charge in [-0.1, -0.05) is 17.7 Å². The van der Waals surface area contributed by atoms with Crippen molar-refractivity contribution in [3.8, 4) is 6.07 Å². The van der Waals surface area contributed by atoms with E-state index in [0.29, 0.717) is 0 Å². The lowest BCUT2D eigenvalue weighted by Gasteiger charge is -1.77. The number of hydrogen-bond donors (Lipinski definition) is 0. The molecule has 0 N–H and O–H groups in total. The van der Waals surface area contributed by atoms with Gasteiger partial charge in [0.1, 0.15) is 0 Å². The van der Waals surface area contributed by atoms with Crippen LogP contribution in [0.4, 0.5) is 0 Å². The van der Waals surface area contributed by atoms with Crippen LogP contribution < -0.4 is 0 Å². The van der Waals surface area contributed by atoms with Crippen LogP contribution in [0.15, 0.2) is 23.8 Å². The number of rotatable bonds is 1. The number of allylic oxidation sites excluding steroid dienone is 4. The summed E-state index contributed by atoms with van der Waals surface area (Å²) in [6.07, 6.45) is 5.07. The summed E-state index contributed by atoms with van der Waals surface area (Å²) in [6, 6.07) is 1.90. The Bertz CT molecular complexity index is 142. The van der Waals surface area contributed by atoms with Crippen LogP contribution in [0.2, 0.25) is 0 Å². The van der Waals surface area contributed by atoms with Crippen molar-refractivity contribution in [1.82, 2.24) is 0 Å². The third-order valence-corrected chi connectivity index (χ3v) is 0.600. The zero-order chi connectivity index (χ0) is 6.41. The zero-order valence-electron chi connectivity index (χ0n) is 5.18. The van der Waals surface area contributed by atoms with E-state index in [2.05, 4.69) is 0 Å². The van der Waals surface area contributed by atoms with Crippen molar-refractivity contribution in [3.63, 3.8) is 0 Å². The van der Waals surface area contributed by atoms with E-state index in [1.54, 1.807) is 6.08 Å². The SMILES string of the molecule is CC(C)=CC=CC#N. The van der Waals surface area contributed by atoms with Gasteiger partial charge in [-0.2, -0.15) is 5.26 Å². The van der Waals surface area contributed by atoms with Gasteiger partial charge in [0, 0.05) is 6.08 Å². The van der Waals surface area contributed by atoms with Gasteiger partial charge in [-0.3, -0.25) is 0 Å². The third kappa shape index (κ3) is 4.97. The molecule has 0 atom stereocenters. The molecule has 1 heteroatoms. The van der Waals surface area contributed by atoms with Gasteiger partial charge in [0.25, 0.3) is 0 Å². The summed E-state index contributed by atoms with van der Waals surface area (Å²) >= 11 is 0. The minimum atomic E-state index is 1.21. The summed E-state index contributed by atoms with van der Waals surface area (Å²) in [4.78, 5) is 0. The second kappa shape index (κ2) is 4.14. The molecule has 0 unspecified atom stereocenters. The summed E-state index contributed by atoms with van der Waals surface area (Å²) in [6.45, 7) is 3.98. The summed E-state index contributed by atoms with van der Waals surface area (Å²) in [5, 5.41) is 8.01. The Morgan fingerprint density at radius 3 is 2.50 bits per heavy atom. The predicted octanol–water partition coefficient (Wildman–Crippen LogP) is 2.03. The maximum absolute atomic E-state index is 8.01. The molecule has 0 aromatic carbocycles. The molecule has 0 aromatic heterocycles. The van der Waals surface area contributed by atoms with Crippen LogP contribution in [0.3, 0.4) is 0 Å². The molecule has 0 fully saturated rings. The minimum absolute atomic E-state index is 1.21. The maximum atomic E-state index is 8.01. The first-order chi connectivity index (χ1) is 3.77. The van der Waals surface area contributed by atoms with Crippen LogP contribution in [0.25, 0.3) is 0 Å². The fourth-order valence-electron chi connectivity index (χ4n) is 0.284. The molecule has 0 radical (unpaired) electrons. The fraction of sp³-hybridized carbons (Fsp3) is 0.286. The summed E-state index contributed by atoms with van der Waals surface area (Å²) in [7, 11) is 0. The molecular weight excluding hydrogens is 98.1 g/mol. The van der Waals surface area contributed by atoms with Crippen LogP contribution in [-0.4, -0.2) is 0 Å². The van der Waals surface area contributed by atoms with E-state index < -0.39 is 0 Å². The Kier molecular flexibility index (Phi) is 3.60. The van der Waals surface area contributed by atoms with Crippen molar-refractivity contribution in [1.29, 1.82) is 5.26 Å². The smallest absolute Gasteiger partial charge is 0.0912 e. The van der Waals surface area contributed by atoms with Gasteiger partial charge in [-0.15, -0.1) is 0 Å². The van der Waals surface area contributed by atoms with Crippen molar-refractivity contribution in [2.45, 2.75) is 13.8 Å². The molecule has 0 saturated heterocycles.